The molecule has 0 aromatic heterocycles. The number of carbonyl (C=O) groups excluding carboxylic acids is 2. The number of benzene rings is 3. The van der Waals surface area contributed by atoms with Gasteiger partial charge in [0.05, 0.1) is 33.6 Å². The summed E-state index contributed by atoms with van der Waals surface area (Å²) in [6, 6.07) is 15.9. The zero-order chi connectivity index (χ0) is 29.2. The highest BCUT2D eigenvalue weighted by Crippen LogP contribution is 2.39. The van der Waals surface area contributed by atoms with Crippen LogP contribution in [-0.4, -0.2) is 38.1 Å². The lowest BCUT2D eigenvalue weighted by atomic mass is 9.95. The Balaban J connectivity index is 2.17. The van der Waals surface area contributed by atoms with Crippen LogP contribution < -0.4 is 19.1 Å². The third kappa shape index (κ3) is 7.23. The first-order valence-corrected chi connectivity index (χ1v) is 13.5. The standard InChI is InChI=1S/C32H36ClNO6/c1-6-9-24(35)14-17-30(36)34(20-22-12-15-25(38-3)19-29(22)39-4)28-16-13-23(33)18-27(28)31(37)26-11-8-10-21(7-2)32(26)40-5/h8,10-19,31,37H,6-7,9,20H2,1-5H3/b17-14+. The minimum atomic E-state index is -1.16. The third-order valence-corrected chi connectivity index (χ3v) is 6.81. The van der Waals surface area contributed by atoms with Crippen molar-refractivity contribution in [1.82, 2.24) is 0 Å². The van der Waals surface area contributed by atoms with E-state index in [2.05, 4.69) is 0 Å². The number of aryl methyl sites for hydroxylation is 1. The molecule has 3 rings (SSSR count). The molecule has 3 aromatic rings. The molecule has 1 amide bonds. The Kier molecular flexibility index (Phi) is 11.2. The van der Waals surface area contributed by atoms with Crippen molar-refractivity contribution in [3.8, 4) is 17.2 Å². The zero-order valence-electron chi connectivity index (χ0n) is 23.6. The van der Waals surface area contributed by atoms with Gasteiger partial charge in [-0.25, -0.2) is 0 Å². The van der Waals surface area contributed by atoms with Crippen molar-refractivity contribution in [3.05, 3.63) is 94.0 Å². The molecule has 1 N–H and O–H groups in total. The molecule has 0 bridgehead atoms. The van der Waals surface area contributed by atoms with Crippen LogP contribution in [0.25, 0.3) is 0 Å². The number of carbonyl (C=O) groups is 2. The van der Waals surface area contributed by atoms with Crippen LogP contribution in [0.1, 0.15) is 55.0 Å². The Bertz CT molecular complexity index is 1370. The van der Waals surface area contributed by atoms with Gasteiger partial charge in [0.25, 0.3) is 5.91 Å². The van der Waals surface area contributed by atoms with E-state index >= 15 is 0 Å². The highest BCUT2D eigenvalue weighted by Gasteiger charge is 2.26. The molecule has 0 aliphatic rings. The first-order valence-electron chi connectivity index (χ1n) is 13.1. The molecule has 1 unspecified atom stereocenters. The molecule has 7 nitrogen and oxygen atoms in total. The quantitative estimate of drug-likeness (QED) is 0.239. The van der Waals surface area contributed by atoms with Gasteiger partial charge in [-0.3, -0.25) is 9.59 Å². The molecule has 40 heavy (non-hydrogen) atoms. The highest BCUT2D eigenvalue weighted by atomic mass is 35.5. The minimum Gasteiger partial charge on any atom is -0.497 e. The van der Waals surface area contributed by atoms with E-state index in [1.165, 1.54) is 24.2 Å². The Labute approximate surface area is 240 Å². The second-order valence-electron chi connectivity index (χ2n) is 9.15. The zero-order valence-corrected chi connectivity index (χ0v) is 24.3. The van der Waals surface area contributed by atoms with Crippen LogP contribution in [0.2, 0.25) is 5.02 Å². The molecular formula is C32H36ClNO6. The van der Waals surface area contributed by atoms with Gasteiger partial charge in [0.2, 0.25) is 0 Å². The summed E-state index contributed by atoms with van der Waals surface area (Å²) in [6.07, 6.45) is 3.13. The summed E-state index contributed by atoms with van der Waals surface area (Å²) in [6.45, 7) is 4.00. The van der Waals surface area contributed by atoms with E-state index in [0.717, 1.165) is 5.56 Å². The average Bonchev–Trinajstić information content (AvgIpc) is 2.98. The molecule has 0 fully saturated rings. The Morgan fingerprint density at radius 2 is 1.70 bits per heavy atom. The smallest absolute Gasteiger partial charge is 0.251 e. The number of halogens is 1. The second kappa shape index (κ2) is 14.5. The number of rotatable bonds is 13. The number of anilines is 1. The normalized spacial score (nSPS) is 11.8. The Morgan fingerprint density at radius 3 is 2.35 bits per heavy atom. The van der Waals surface area contributed by atoms with Crippen molar-refractivity contribution in [2.24, 2.45) is 0 Å². The summed E-state index contributed by atoms with van der Waals surface area (Å²) in [5, 5.41) is 12.1. The van der Waals surface area contributed by atoms with Crippen molar-refractivity contribution >= 4 is 29.0 Å². The monoisotopic (exact) mass is 565 g/mol. The molecule has 0 spiro atoms. The summed E-state index contributed by atoms with van der Waals surface area (Å²) < 4.78 is 16.6. The number of aliphatic hydroxyl groups is 1. The molecule has 0 saturated carbocycles. The predicted molar refractivity (Wildman–Crippen MR) is 158 cm³/mol. The first kappa shape index (κ1) is 30.7. The maximum Gasteiger partial charge on any atom is 0.251 e. The van der Waals surface area contributed by atoms with E-state index in [1.807, 2.05) is 32.0 Å². The minimum absolute atomic E-state index is 0.0891. The van der Waals surface area contributed by atoms with Crippen molar-refractivity contribution in [2.45, 2.75) is 45.8 Å². The van der Waals surface area contributed by atoms with Gasteiger partial charge < -0.3 is 24.2 Å². The predicted octanol–water partition coefficient (Wildman–Crippen LogP) is 6.47. The van der Waals surface area contributed by atoms with E-state index in [4.69, 9.17) is 25.8 Å². The molecule has 1 atom stereocenters. The van der Waals surface area contributed by atoms with Crippen molar-refractivity contribution in [1.29, 1.82) is 0 Å². The van der Waals surface area contributed by atoms with Gasteiger partial charge in [-0.05, 0) is 54.8 Å². The summed E-state index contributed by atoms with van der Waals surface area (Å²) in [7, 11) is 4.66. The van der Waals surface area contributed by atoms with Gasteiger partial charge in [0.1, 0.15) is 23.4 Å². The molecule has 0 saturated heterocycles. The van der Waals surface area contributed by atoms with Gasteiger partial charge in [-0.2, -0.15) is 0 Å². The number of ketones is 1. The van der Waals surface area contributed by atoms with Gasteiger partial charge >= 0.3 is 0 Å². The van der Waals surface area contributed by atoms with E-state index in [9.17, 15) is 14.7 Å². The average molecular weight is 566 g/mol. The fourth-order valence-corrected chi connectivity index (χ4v) is 4.70. The molecule has 0 heterocycles. The summed E-state index contributed by atoms with van der Waals surface area (Å²) in [4.78, 5) is 27.4. The van der Waals surface area contributed by atoms with Crippen LogP contribution in [-0.2, 0) is 22.6 Å². The van der Waals surface area contributed by atoms with Crippen molar-refractivity contribution in [2.75, 3.05) is 26.2 Å². The first-order chi connectivity index (χ1) is 19.3. The van der Waals surface area contributed by atoms with E-state index in [0.29, 0.717) is 63.9 Å². The van der Waals surface area contributed by atoms with E-state index in [1.54, 1.807) is 50.6 Å². The number of methoxy groups -OCH3 is 3. The number of ether oxygens (including phenoxy) is 3. The van der Waals surface area contributed by atoms with Crippen LogP contribution in [0.3, 0.4) is 0 Å². The number of para-hydroxylation sites is 1. The molecule has 0 aliphatic carbocycles. The van der Waals surface area contributed by atoms with Crippen LogP contribution in [0.5, 0.6) is 17.2 Å². The summed E-state index contributed by atoms with van der Waals surface area (Å²) in [5.41, 5.74) is 3.03. The van der Waals surface area contributed by atoms with E-state index in [-0.39, 0.29) is 12.3 Å². The molecular weight excluding hydrogens is 530 g/mol. The van der Waals surface area contributed by atoms with E-state index < -0.39 is 12.0 Å². The lowest BCUT2D eigenvalue weighted by Gasteiger charge is -2.28. The third-order valence-electron chi connectivity index (χ3n) is 6.58. The van der Waals surface area contributed by atoms with Crippen LogP contribution >= 0.6 is 11.6 Å². The number of amides is 1. The van der Waals surface area contributed by atoms with Crippen LogP contribution in [0.4, 0.5) is 5.69 Å². The van der Waals surface area contributed by atoms with Gasteiger partial charge in [0.15, 0.2) is 5.78 Å². The van der Waals surface area contributed by atoms with Gasteiger partial charge in [-0.1, -0.05) is 43.6 Å². The highest BCUT2D eigenvalue weighted by molar-refractivity contribution is 6.30. The van der Waals surface area contributed by atoms with Gasteiger partial charge in [-0.15, -0.1) is 0 Å². The summed E-state index contributed by atoms with van der Waals surface area (Å²) in [5.74, 6) is 1.12. The lowest BCUT2D eigenvalue weighted by Crippen LogP contribution is -2.30. The Hall–Kier alpha value is -3.81. The number of allylic oxidation sites excluding steroid dienone is 1. The Morgan fingerprint density at radius 1 is 0.925 bits per heavy atom. The number of hydrogen-bond acceptors (Lipinski definition) is 6. The second-order valence-corrected chi connectivity index (χ2v) is 9.59. The fraction of sp³-hybridized carbons (Fsp3) is 0.312. The van der Waals surface area contributed by atoms with Crippen molar-refractivity contribution in [3.63, 3.8) is 0 Å². The lowest BCUT2D eigenvalue weighted by molar-refractivity contribution is -0.116. The number of aliphatic hydroxyl groups excluding tert-OH is 1. The van der Waals surface area contributed by atoms with Gasteiger partial charge in [0, 0.05) is 40.3 Å². The molecule has 3 aromatic carbocycles. The molecule has 0 radical (unpaired) electrons. The number of nitrogens with zero attached hydrogens (tertiary/aromatic N) is 1. The summed E-state index contributed by atoms with van der Waals surface area (Å²) >= 11 is 6.41. The number of hydrogen-bond donors (Lipinski definition) is 1. The van der Waals surface area contributed by atoms with Crippen LogP contribution in [0.15, 0.2) is 66.7 Å². The molecule has 0 aliphatic heterocycles. The fourth-order valence-electron chi connectivity index (χ4n) is 4.52. The molecule has 212 valence electrons. The maximum atomic E-state index is 13.7. The maximum absolute atomic E-state index is 13.7. The SMILES string of the molecule is CCCC(=O)/C=C/C(=O)N(Cc1ccc(OC)cc1OC)c1ccc(Cl)cc1C(O)c1cccc(CC)c1OC. The van der Waals surface area contributed by atoms with Crippen molar-refractivity contribution < 1.29 is 28.9 Å². The topological polar surface area (TPSA) is 85.3 Å². The molecule has 8 heteroatoms. The van der Waals surface area contributed by atoms with Crippen LogP contribution in [0, 0.1) is 0 Å². The largest absolute Gasteiger partial charge is 0.497 e.